The van der Waals surface area contributed by atoms with Crippen molar-refractivity contribution in [1.29, 1.82) is 0 Å². The van der Waals surface area contributed by atoms with E-state index >= 15 is 0 Å². The lowest BCUT2D eigenvalue weighted by atomic mass is 10.1. The van der Waals surface area contributed by atoms with Gasteiger partial charge in [0.1, 0.15) is 11.7 Å². The Morgan fingerprint density at radius 3 is 2.50 bits per heavy atom. The van der Waals surface area contributed by atoms with Gasteiger partial charge in [0.05, 0.1) is 0 Å². The smallest absolute Gasteiger partial charge is 0.240 e. The summed E-state index contributed by atoms with van der Waals surface area (Å²) in [5.74, 6) is 2.21. The quantitative estimate of drug-likeness (QED) is 0.519. The molecule has 0 saturated carbocycles. The van der Waals surface area contributed by atoms with Gasteiger partial charge in [0.25, 0.3) is 0 Å². The molecule has 14 heavy (non-hydrogen) atoms. The molecule has 0 aromatic carbocycles. The molecule has 0 radical (unpaired) electrons. The lowest BCUT2D eigenvalue weighted by Gasteiger charge is -2.21. The number of terminal acetylenes is 1. The van der Waals surface area contributed by atoms with E-state index in [4.69, 9.17) is 6.42 Å². The summed E-state index contributed by atoms with van der Waals surface area (Å²) in [6.45, 7) is 2.95. The third kappa shape index (κ3) is 3.14. The summed E-state index contributed by atoms with van der Waals surface area (Å²) in [6.07, 6.45) is 8.71. The molecule has 1 aliphatic carbocycles. The summed E-state index contributed by atoms with van der Waals surface area (Å²) in [5, 5.41) is 0. The number of hydrogen-bond donors (Lipinski definition) is 0. The largest absolute Gasteiger partial charge is 0.401 e. The second-order valence-electron chi connectivity index (χ2n) is 3.44. The van der Waals surface area contributed by atoms with Gasteiger partial charge in [-0.2, -0.15) is 8.42 Å². The molecule has 0 fully saturated rings. The number of rotatable bonds is 4. The van der Waals surface area contributed by atoms with Gasteiger partial charge in [-0.05, 0) is 20.3 Å². The lowest BCUT2D eigenvalue weighted by Crippen LogP contribution is -2.30. The van der Waals surface area contributed by atoms with Gasteiger partial charge in [0, 0.05) is 0 Å². The third-order valence-electron chi connectivity index (χ3n) is 1.62. The van der Waals surface area contributed by atoms with E-state index in [0.29, 0.717) is 6.42 Å². The third-order valence-corrected chi connectivity index (χ3v) is 2.72. The molecular formula is C9H12O4S. The van der Waals surface area contributed by atoms with Crippen LogP contribution in [0.1, 0.15) is 20.3 Å². The predicted molar refractivity (Wildman–Crippen MR) is 51.5 cm³/mol. The van der Waals surface area contributed by atoms with Gasteiger partial charge in [-0.25, -0.2) is 8.37 Å². The van der Waals surface area contributed by atoms with Crippen LogP contribution in [0, 0.1) is 12.3 Å². The van der Waals surface area contributed by atoms with Crippen LogP contribution in [-0.4, -0.2) is 20.1 Å². The highest BCUT2D eigenvalue weighted by Gasteiger charge is 2.28. The molecule has 0 heterocycles. The van der Waals surface area contributed by atoms with Crippen LogP contribution < -0.4 is 0 Å². The van der Waals surface area contributed by atoms with Crippen molar-refractivity contribution in [1.82, 2.24) is 0 Å². The van der Waals surface area contributed by atoms with Gasteiger partial charge in [-0.1, -0.05) is 18.1 Å². The molecule has 0 amide bonds. The zero-order valence-corrected chi connectivity index (χ0v) is 8.87. The van der Waals surface area contributed by atoms with Crippen molar-refractivity contribution in [2.75, 3.05) is 0 Å². The van der Waals surface area contributed by atoms with Crippen molar-refractivity contribution in [3.8, 4) is 12.3 Å². The molecule has 1 atom stereocenters. The Balaban J connectivity index is 2.58. The summed E-state index contributed by atoms with van der Waals surface area (Å²) < 4.78 is 31.8. The Labute approximate surface area is 84.2 Å². The summed E-state index contributed by atoms with van der Waals surface area (Å²) >= 11 is 0. The molecule has 0 aromatic heterocycles. The van der Waals surface area contributed by atoms with E-state index in [2.05, 4.69) is 14.3 Å². The van der Waals surface area contributed by atoms with E-state index in [1.807, 2.05) is 6.08 Å². The predicted octanol–water partition coefficient (Wildman–Crippen LogP) is 1.00. The SMILES string of the molecule is C#CC(C)(C)OS(=O)(=O)OC1C=CC1. The van der Waals surface area contributed by atoms with Crippen molar-refractivity contribution in [2.24, 2.45) is 0 Å². The maximum atomic E-state index is 11.2. The van der Waals surface area contributed by atoms with Gasteiger partial charge in [-0.15, -0.1) is 6.42 Å². The molecule has 1 aliphatic rings. The molecule has 0 N–H and O–H groups in total. The second-order valence-corrected chi connectivity index (χ2v) is 4.62. The van der Waals surface area contributed by atoms with Crippen molar-refractivity contribution < 1.29 is 16.8 Å². The fraction of sp³-hybridized carbons (Fsp3) is 0.556. The minimum absolute atomic E-state index is 0.409. The molecule has 1 unspecified atom stereocenters. The van der Waals surface area contributed by atoms with E-state index in [1.54, 1.807) is 6.08 Å². The molecular weight excluding hydrogens is 204 g/mol. The van der Waals surface area contributed by atoms with Crippen molar-refractivity contribution >= 4 is 10.4 Å². The molecule has 5 heteroatoms. The Bertz CT molecular complexity index is 372. The maximum absolute atomic E-state index is 11.2. The molecule has 1 rings (SSSR count). The van der Waals surface area contributed by atoms with Crippen LogP contribution >= 0.6 is 0 Å². The van der Waals surface area contributed by atoms with E-state index in [0.717, 1.165) is 0 Å². The minimum Gasteiger partial charge on any atom is -0.240 e. The molecule has 0 aromatic rings. The monoisotopic (exact) mass is 216 g/mol. The molecule has 0 bridgehead atoms. The van der Waals surface area contributed by atoms with Crippen molar-refractivity contribution in [3.63, 3.8) is 0 Å². The Kier molecular flexibility index (Phi) is 3.00. The van der Waals surface area contributed by atoms with Crippen LogP contribution in [0.3, 0.4) is 0 Å². The zero-order valence-electron chi connectivity index (χ0n) is 8.06. The first kappa shape index (κ1) is 11.2. The molecule has 0 saturated heterocycles. The van der Waals surface area contributed by atoms with Gasteiger partial charge < -0.3 is 0 Å². The van der Waals surface area contributed by atoms with Crippen LogP contribution in [0.2, 0.25) is 0 Å². The van der Waals surface area contributed by atoms with Gasteiger partial charge in [0.2, 0.25) is 0 Å². The molecule has 0 aliphatic heterocycles. The molecule has 78 valence electrons. The zero-order chi connectivity index (χ0) is 10.8. The fourth-order valence-electron chi connectivity index (χ4n) is 0.769. The van der Waals surface area contributed by atoms with E-state index < -0.39 is 22.1 Å². The van der Waals surface area contributed by atoms with E-state index in [9.17, 15) is 8.42 Å². The van der Waals surface area contributed by atoms with Gasteiger partial charge in [-0.3, -0.25) is 0 Å². The van der Waals surface area contributed by atoms with Gasteiger partial charge >= 0.3 is 10.4 Å². The first-order valence-corrected chi connectivity index (χ1v) is 5.46. The summed E-state index contributed by atoms with van der Waals surface area (Å²) in [6, 6.07) is 0. The van der Waals surface area contributed by atoms with Crippen LogP contribution in [-0.2, 0) is 18.8 Å². The topological polar surface area (TPSA) is 52.6 Å². The Hall–Kier alpha value is -0.830. The first-order chi connectivity index (χ1) is 6.35. The maximum Gasteiger partial charge on any atom is 0.401 e. The summed E-state index contributed by atoms with van der Waals surface area (Å²) in [7, 11) is -4.01. The van der Waals surface area contributed by atoms with E-state index in [-0.39, 0.29) is 0 Å². The van der Waals surface area contributed by atoms with Crippen LogP contribution in [0.25, 0.3) is 0 Å². The average molecular weight is 216 g/mol. The van der Waals surface area contributed by atoms with E-state index in [1.165, 1.54) is 13.8 Å². The summed E-state index contributed by atoms with van der Waals surface area (Å²) in [4.78, 5) is 0. The second kappa shape index (κ2) is 3.73. The van der Waals surface area contributed by atoms with Crippen LogP contribution in [0.4, 0.5) is 0 Å². The highest BCUT2D eigenvalue weighted by atomic mass is 32.3. The van der Waals surface area contributed by atoms with Crippen LogP contribution in [0.5, 0.6) is 0 Å². The molecule has 4 nitrogen and oxygen atoms in total. The standard InChI is InChI=1S/C9H12O4S/c1-4-9(2,3)13-14(10,11)12-8-6-5-7-8/h1,5-6,8H,7H2,2-3H3. The lowest BCUT2D eigenvalue weighted by molar-refractivity contribution is 0.117. The van der Waals surface area contributed by atoms with Gasteiger partial charge in [0.15, 0.2) is 0 Å². The average Bonchev–Trinajstić information content (AvgIpc) is 1.96. The first-order valence-electron chi connectivity index (χ1n) is 4.13. The Morgan fingerprint density at radius 2 is 2.14 bits per heavy atom. The highest BCUT2D eigenvalue weighted by molar-refractivity contribution is 7.81. The summed E-state index contributed by atoms with van der Waals surface area (Å²) in [5.41, 5.74) is -1.17. The van der Waals surface area contributed by atoms with Crippen molar-refractivity contribution in [2.45, 2.75) is 32.0 Å². The fourth-order valence-corrected chi connectivity index (χ4v) is 1.81. The normalized spacial score (nSPS) is 21.4. The van der Waals surface area contributed by atoms with Crippen molar-refractivity contribution in [3.05, 3.63) is 12.2 Å². The Morgan fingerprint density at radius 1 is 1.57 bits per heavy atom. The van der Waals surface area contributed by atoms with Crippen LogP contribution in [0.15, 0.2) is 12.2 Å². The number of hydrogen-bond acceptors (Lipinski definition) is 4. The minimum atomic E-state index is -4.01. The highest BCUT2D eigenvalue weighted by Crippen LogP contribution is 2.19. The molecule has 0 spiro atoms.